The van der Waals surface area contributed by atoms with Crippen LogP contribution in [-0.2, 0) is 12.4 Å². The molecule has 0 atom stereocenters. The molecule has 0 radical (unpaired) electrons. The Morgan fingerprint density at radius 1 is 0.875 bits per heavy atom. The summed E-state index contributed by atoms with van der Waals surface area (Å²) in [5.74, 6) is 0. The minimum atomic E-state index is -4.87. The molecular formula is C16H6F6N2. The van der Waals surface area contributed by atoms with Gasteiger partial charge < -0.3 is 0 Å². The lowest BCUT2D eigenvalue weighted by atomic mass is 9.95. The monoisotopic (exact) mass is 340 g/mol. The van der Waals surface area contributed by atoms with E-state index in [1.54, 1.807) is 6.07 Å². The Labute approximate surface area is 132 Å². The maximum Gasteiger partial charge on any atom is 0.417 e. The molecule has 2 nitrogen and oxygen atoms in total. The molecule has 0 amide bonds. The Morgan fingerprint density at radius 3 is 2.00 bits per heavy atom. The summed E-state index contributed by atoms with van der Waals surface area (Å²) < 4.78 is 78.4. The van der Waals surface area contributed by atoms with Gasteiger partial charge in [-0.3, -0.25) is 0 Å². The molecule has 0 saturated heterocycles. The van der Waals surface area contributed by atoms with Gasteiger partial charge in [-0.2, -0.15) is 31.6 Å². The first kappa shape index (κ1) is 17.4. The molecule has 2 rings (SSSR count). The fourth-order valence-corrected chi connectivity index (χ4v) is 2.13. The highest BCUT2D eigenvalue weighted by molar-refractivity contribution is 5.73. The highest BCUT2D eigenvalue weighted by Crippen LogP contribution is 2.42. The molecule has 0 unspecified atom stereocenters. The molecule has 8 heteroatoms. The van der Waals surface area contributed by atoms with Crippen molar-refractivity contribution >= 4 is 5.69 Å². The summed E-state index contributed by atoms with van der Waals surface area (Å²) >= 11 is 0. The SMILES string of the molecule is [C-]#[N+]c1ccc(-c2ccc(C#N)cc2C(F)(F)F)cc1C(F)(F)F. The summed E-state index contributed by atoms with van der Waals surface area (Å²) in [6.07, 6.45) is -9.72. The molecule has 0 fully saturated rings. The molecule has 0 aliphatic rings. The van der Waals surface area contributed by atoms with Crippen LogP contribution < -0.4 is 0 Å². The predicted octanol–water partition coefficient (Wildman–Crippen LogP) is 5.81. The number of nitrogens with zero attached hydrogens (tertiary/aromatic N) is 2. The lowest BCUT2D eigenvalue weighted by Gasteiger charge is -2.15. The molecular weight excluding hydrogens is 334 g/mol. The smallest absolute Gasteiger partial charge is 0.238 e. The summed E-state index contributed by atoms with van der Waals surface area (Å²) in [5.41, 5.74) is -4.33. The summed E-state index contributed by atoms with van der Waals surface area (Å²) in [6, 6.07) is 6.49. The van der Waals surface area contributed by atoms with E-state index in [2.05, 4.69) is 4.85 Å². The number of hydrogen-bond acceptors (Lipinski definition) is 1. The maximum absolute atomic E-state index is 13.2. The summed E-state index contributed by atoms with van der Waals surface area (Å²) in [5, 5.41) is 8.71. The van der Waals surface area contributed by atoms with Gasteiger partial charge in [0.1, 0.15) is 0 Å². The van der Waals surface area contributed by atoms with Crippen LogP contribution in [0, 0.1) is 17.9 Å². The third-order valence-electron chi connectivity index (χ3n) is 3.19. The average molecular weight is 340 g/mol. The van der Waals surface area contributed by atoms with E-state index in [0.717, 1.165) is 24.3 Å². The summed E-state index contributed by atoms with van der Waals surface area (Å²) in [7, 11) is 0. The van der Waals surface area contributed by atoms with Gasteiger partial charge in [0.15, 0.2) is 5.69 Å². The summed E-state index contributed by atoms with van der Waals surface area (Å²) in [4.78, 5) is 2.74. The van der Waals surface area contributed by atoms with Crippen LogP contribution in [0.15, 0.2) is 36.4 Å². The van der Waals surface area contributed by atoms with Crippen molar-refractivity contribution in [3.63, 3.8) is 0 Å². The van der Waals surface area contributed by atoms with Crippen molar-refractivity contribution in [1.82, 2.24) is 0 Å². The van der Waals surface area contributed by atoms with Crippen molar-refractivity contribution < 1.29 is 26.3 Å². The van der Waals surface area contributed by atoms with Crippen LogP contribution in [0.1, 0.15) is 16.7 Å². The first-order chi connectivity index (χ1) is 11.1. The van der Waals surface area contributed by atoms with Gasteiger partial charge in [-0.25, -0.2) is 4.85 Å². The highest BCUT2D eigenvalue weighted by atomic mass is 19.4. The van der Waals surface area contributed by atoms with E-state index in [0.29, 0.717) is 12.1 Å². The normalized spacial score (nSPS) is 11.7. The second-order valence-corrected chi connectivity index (χ2v) is 4.71. The largest absolute Gasteiger partial charge is 0.417 e. The lowest BCUT2D eigenvalue weighted by molar-refractivity contribution is -0.137. The van der Waals surface area contributed by atoms with E-state index in [1.807, 2.05) is 0 Å². The third-order valence-corrected chi connectivity index (χ3v) is 3.19. The van der Waals surface area contributed by atoms with Crippen LogP contribution in [0.2, 0.25) is 0 Å². The molecule has 122 valence electrons. The maximum atomic E-state index is 13.2. The second-order valence-electron chi connectivity index (χ2n) is 4.71. The van der Waals surface area contributed by atoms with E-state index < -0.39 is 34.7 Å². The topological polar surface area (TPSA) is 28.1 Å². The standard InChI is InChI=1S/C16H6F6N2/c1-24-14-5-3-10(7-13(14)16(20,21)22)11-4-2-9(8-23)6-12(11)15(17,18)19/h2-7H. The highest BCUT2D eigenvalue weighted by Gasteiger charge is 2.36. The minimum Gasteiger partial charge on any atom is -0.238 e. The molecule has 24 heavy (non-hydrogen) atoms. The van der Waals surface area contributed by atoms with Crippen molar-refractivity contribution in [2.75, 3.05) is 0 Å². The zero-order chi connectivity index (χ0) is 18.1. The number of alkyl halides is 6. The Morgan fingerprint density at radius 2 is 1.50 bits per heavy atom. The Bertz CT molecular complexity index is 866. The van der Waals surface area contributed by atoms with Gasteiger partial charge in [-0.1, -0.05) is 24.3 Å². The van der Waals surface area contributed by atoms with Crippen molar-refractivity contribution in [3.05, 3.63) is 64.5 Å². The van der Waals surface area contributed by atoms with Crippen LogP contribution in [0.4, 0.5) is 32.0 Å². The molecule has 2 aromatic rings. The molecule has 0 saturated carbocycles. The molecule has 0 bridgehead atoms. The Balaban J connectivity index is 2.74. The van der Waals surface area contributed by atoms with Crippen LogP contribution in [-0.4, -0.2) is 0 Å². The first-order valence-corrected chi connectivity index (χ1v) is 6.28. The third kappa shape index (κ3) is 3.33. The number of benzene rings is 2. The van der Waals surface area contributed by atoms with Crippen LogP contribution in [0.5, 0.6) is 0 Å². The number of hydrogen-bond donors (Lipinski definition) is 0. The second kappa shape index (κ2) is 5.89. The first-order valence-electron chi connectivity index (χ1n) is 6.28. The van der Waals surface area contributed by atoms with Crippen molar-refractivity contribution in [2.45, 2.75) is 12.4 Å². The molecule has 0 aliphatic carbocycles. The van der Waals surface area contributed by atoms with Gasteiger partial charge in [0, 0.05) is 0 Å². The zero-order valence-electron chi connectivity index (χ0n) is 11.6. The van der Waals surface area contributed by atoms with E-state index in [-0.39, 0.29) is 11.1 Å². The van der Waals surface area contributed by atoms with E-state index >= 15 is 0 Å². The van der Waals surface area contributed by atoms with Crippen molar-refractivity contribution in [3.8, 4) is 17.2 Å². The predicted molar refractivity (Wildman–Crippen MR) is 72.9 cm³/mol. The molecule has 2 aromatic carbocycles. The molecule has 0 N–H and O–H groups in total. The Hall–Kier alpha value is -3.00. The lowest BCUT2D eigenvalue weighted by Crippen LogP contribution is -2.09. The summed E-state index contributed by atoms with van der Waals surface area (Å²) in [6.45, 7) is 6.74. The average Bonchev–Trinajstić information content (AvgIpc) is 2.52. The molecule has 0 spiro atoms. The molecule has 0 heterocycles. The van der Waals surface area contributed by atoms with Crippen LogP contribution >= 0.6 is 0 Å². The van der Waals surface area contributed by atoms with Gasteiger partial charge in [0.05, 0.1) is 29.3 Å². The van der Waals surface area contributed by atoms with E-state index in [4.69, 9.17) is 11.8 Å². The Kier molecular flexibility index (Phi) is 4.26. The van der Waals surface area contributed by atoms with Crippen LogP contribution in [0.3, 0.4) is 0 Å². The zero-order valence-corrected chi connectivity index (χ0v) is 11.6. The molecule has 0 aromatic heterocycles. The van der Waals surface area contributed by atoms with Crippen LogP contribution in [0.25, 0.3) is 16.0 Å². The fourth-order valence-electron chi connectivity index (χ4n) is 2.13. The van der Waals surface area contributed by atoms with Gasteiger partial charge in [0.2, 0.25) is 0 Å². The van der Waals surface area contributed by atoms with Gasteiger partial charge in [0.25, 0.3) is 0 Å². The number of rotatable bonds is 1. The number of halogens is 6. The van der Waals surface area contributed by atoms with Gasteiger partial charge in [-0.05, 0) is 23.3 Å². The number of nitriles is 1. The molecule has 0 aliphatic heterocycles. The van der Waals surface area contributed by atoms with Gasteiger partial charge >= 0.3 is 12.4 Å². The van der Waals surface area contributed by atoms with E-state index in [1.165, 1.54) is 0 Å². The van der Waals surface area contributed by atoms with Crippen molar-refractivity contribution in [2.24, 2.45) is 0 Å². The fraction of sp³-hybridized carbons (Fsp3) is 0.125. The van der Waals surface area contributed by atoms with Gasteiger partial charge in [-0.15, -0.1) is 0 Å². The minimum absolute atomic E-state index is 0.264. The quantitative estimate of drug-likeness (QED) is 0.475. The van der Waals surface area contributed by atoms with Crippen molar-refractivity contribution in [1.29, 1.82) is 5.26 Å². The van der Waals surface area contributed by atoms with E-state index in [9.17, 15) is 26.3 Å².